The van der Waals surface area contributed by atoms with Crippen LogP contribution in [-0.4, -0.2) is 57.5 Å². The summed E-state index contributed by atoms with van der Waals surface area (Å²) in [6.45, 7) is 1.83. The Kier molecular flexibility index (Phi) is 6.38. The number of alkyl halides is 2. The van der Waals surface area contributed by atoms with E-state index in [9.17, 15) is 13.6 Å². The average molecular weight is 535 g/mol. The Balaban J connectivity index is 1.23. The van der Waals surface area contributed by atoms with E-state index in [4.69, 9.17) is 20.3 Å². The second kappa shape index (κ2) is 9.88. The standard InChI is InChI=1S/C28H28F2N6O3/c1-16-25(19-10-21(22(30)11-29)26(31)32-12-19)36-24(33-16)9-8-23(35-36)17-4-6-20(7-5-17)39-15-28(13-38-14-28)34-27(37)18-2-3-18/h4-10,12,18,22H,2-3,11,13-15H2,1H3,(H2,31,32)(H,34,37). The van der Waals surface area contributed by atoms with Gasteiger partial charge in [0, 0.05) is 28.8 Å². The zero-order valence-corrected chi connectivity index (χ0v) is 21.4. The number of pyridine rings is 1. The molecule has 0 bridgehead atoms. The van der Waals surface area contributed by atoms with E-state index in [1.54, 1.807) is 4.52 Å². The SMILES string of the molecule is Cc1nc2ccc(-c3ccc(OCC4(NC(=O)C5CC5)COC4)cc3)nn2c1-c1cnc(N)c(C(F)CF)c1. The first-order valence-corrected chi connectivity index (χ1v) is 12.8. The number of hydrogen-bond acceptors (Lipinski definition) is 7. The smallest absolute Gasteiger partial charge is 0.223 e. The van der Waals surface area contributed by atoms with E-state index < -0.39 is 18.4 Å². The molecule has 1 aliphatic heterocycles. The van der Waals surface area contributed by atoms with Crippen molar-refractivity contribution in [2.45, 2.75) is 31.5 Å². The number of rotatable bonds is 9. The average Bonchev–Trinajstić information content (AvgIpc) is 3.73. The van der Waals surface area contributed by atoms with E-state index in [0.717, 1.165) is 18.4 Å². The van der Waals surface area contributed by atoms with Crippen LogP contribution in [0.1, 0.15) is 30.3 Å². The molecule has 1 saturated carbocycles. The van der Waals surface area contributed by atoms with Crippen LogP contribution in [0, 0.1) is 12.8 Å². The highest BCUT2D eigenvalue weighted by atomic mass is 19.2. The highest BCUT2D eigenvalue weighted by Crippen LogP contribution is 2.32. The molecule has 0 spiro atoms. The molecule has 4 heterocycles. The number of ether oxygens (including phenoxy) is 2. The fourth-order valence-electron chi connectivity index (χ4n) is 4.68. The number of nitrogens with one attached hydrogen (secondary N) is 1. The van der Waals surface area contributed by atoms with Crippen LogP contribution >= 0.6 is 0 Å². The number of aromatic nitrogens is 4. The third-order valence-electron chi connectivity index (χ3n) is 7.11. The lowest BCUT2D eigenvalue weighted by Crippen LogP contribution is -2.65. The maximum Gasteiger partial charge on any atom is 0.223 e. The van der Waals surface area contributed by atoms with Crippen LogP contribution in [-0.2, 0) is 9.53 Å². The van der Waals surface area contributed by atoms with Crippen LogP contribution in [0.2, 0.25) is 0 Å². The maximum absolute atomic E-state index is 14.1. The lowest BCUT2D eigenvalue weighted by atomic mass is 9.98. The van der Waals surface area contributed by atoms with Crippen molar-refractivity contribution in [2.24, 2.45) is 5.92 Å². The van der Waals surface area contributed by atoms with Gasteiger partial charge in [0.15, 0.2) is 11.8 Å². The van der Waals surface area contributed by atoms with Crippen LogP contribution in [0.4, 0.5) is 14.6 Å². The quantitative estimate of drug-likeness (QED) is 0.333. The minimum absolute atomic E-state index is 0.00144. The van der Waals surface area contributed by atoms with E-state index >= 15 is 0 Å². The first kappa shape index (κ1) is 25.2. The summed E-state index contributed by atoms with van der Waals surface area (Å²) >= 11 is 0. The fraction of sp³-hybridized carbons (Fsp3) is 0.357. The van der Waals surface area contributed by atoms with Crippen molar-refractivity contribution < 1.29 is 23.0 Å². The normalized spacial score (nSPS) is 17.0. The molecule has 1 aromatic carbocycles. The van der Waals surface area contributed by atoms with E-state index in [-0.39, 0.29) is 23.2 Å². The zero-order chi connectivity index (χ0) is 27.1. The molecule has 3 aromatic heterocycles. The molecular formula is C28H28F2N6O3. The Hall–Kier alpha value is -4.12. The predicted molar refractivity (Wildman–Crippen MR) is 141 cm³/mol. The van der Waals surface area contributed by atoms with Gasteiger partial charge in [-0.3, -0.25) is 4.79 Å². The van der Waals surface area contributed by atoms with Crippen LogP contribution in [0.15, 0.2) is 48.7 Å². The first-order chi connectivity index (χ1) is 18.9. The number of anilines is 1. The van der Waals surface area contributed by atoms with E-state index in [1.165, 1.54) is 12.3 Å². The van der Waals surface area contributed by atoms with Gasteiger partial charge < -0.3 is 20.5 Å². The summed E-state index contributed by atoms with van der Waals surface area (Å²) in [5, 5.41) is 7.87. The predicted octanol–water partition coefficient (Wildman–Crippen LogP) is 4.00. The molecule has 3 N–H and O–H groups in total. The minimum Gasteiger partial charge on any atom is -0.491 e. The molecule has 39 heavy (non-hydrogen) atoms. The van der Waals surface area contributed by atoms with E-state index in [2.05, 4.69) is 15.3 Å². The fourth-order valence-corrected chi connectivity index (χ4v) is 4.68. The Morgan fingerprint density at radius 3 is 2.67 bits per heavy atom. The number of halogens is 2. The summed E-state index contributed by atoms with van der Waals surface area (Å²) in [6, 6.07) is 12.7. The lowest BCUT2D eigenvalue weighted by Gasteiger charge is -2.41. The molecule has 1 amide bonds. The summed E-state index contributed by atoms with van der Waals surface area (Å²) in [4.78, 5) is 20.9. The minimum atomic E-state index is -1.86. The molecule has 9 nitrogen and oxygen atoms in total. The number of carbonyl (C=O) groups excluding carboxylic acids is 1. The molecule has 0 radical (unpaired) electrons. The highest BCUT2D eigenvalue weighted by Gasteiger charge is 2.44. The van der Waals surface area contributed by atoms with Crippen molar-refractivity contribution in [3.63, 3.8) is 0 Å². The van der Waals surface area contributed by atoms with Gasteiger partial charge in [-0.25, -0.2) is 23.3 Å². The number of benzene rings is 1. The largest absolute Gasteiger partial charge is 0.491 e. The van der Waals surface area contributed by atoms with E-state index in [1.807, 2.05) is 43.3 Å². The van der Waals surface area contributed by atoms with Gasteiger partial charge in [-0.15, -0.1) is 0 Å². The van der Waals surface area contributed by atoms with Crippen molar-refractivity contribution in [1.82, 2.24) is 24.9 Å². The van der Waals surface area contributed by atoms with Crippen molar-refractivity contribution in [2.75, 3.05) is 32.2 Å². The molecule has 1 unspecified atom stereocenters. The van der Waals surface area contributed by atoms with Gasteiger partial charge in [0.05, 0.1) is 30.3 Å². The lowest BCUT2D eigenvalue weighted by molar-refractivity contribution is -0.137. The van der Waals surface area contributed by atoms with Crippen LogP contribution in [0.5, 0.6) is 5.75 Å². The Bertz CT molecular complexity index is 1530. The second-order valence-electron chi connectivity index (χ2n) is 10.2. The molecule has 11 heteroatoms. The molecule has 202 valence electrons. The first-order valence-electron chi connectivity index (χ1n) is 12.8. The van der Waals surface area contributed by atoms with Crippen molar-refractivity contribution >= 4 is 17.4 Å². The Morgan fingerprint density at radius 1 is 1.23 bits per heavy atom. The molecule has 2 aliphatic rings. The van der Waals surface area contributed by atoms with Gasteiger partial charge in [0.2, 0.25) is 5.91 Å². The molecule has 2 fully saturated rings. The topological polar surface area (TPSA) is 117 Å². The van der Waals surface area contributed by atoms with Crippen molar-refractivity contribution in [3.8, 4) is 28.3 Å². The van der Waals surface area contributed by atoms with Crippen LogP contribution in [0.3, 0.4) is 0 Å². The van der Waals surface area contributed by atoms with Crippen molar-refractivity contribution in [3.05, 3.63) is 59.9 Å². The summed E-state index contributed by atoms with van der Waals surface area (Å²) in [7, 11) is 0. The molecule has 1 atom stereocenters. The highest BCUT2D eigenvalue weighted by molar-refractivity contribution is 5.81. The van der Waals surface area contributed by atoms with Gasteiger partial charge in [0.1, 0.15) is 30.4 Å². The Labute approximate surface area is 223 Å². The van der Waals surface area contributed by atoms with Gasteiger partial charge in [-0.2, -0.15) is 5.10 Å². The number of nitrogens with two attached hydrogens (primary N) is 1. The monoisotopic (exact) mass is 534 g/mol. The molecule has 6 rings (SSSR count). The Morgan fingerprint density at radius 2 is 2.00 bits per heavy atom. The van der Waals surface area contributed by atoms with Gasteiger partial charge in [0.25, 0.3) is 0 Å². The number of nitrogen functional groups attached to an aromatic ring is 1. The number of fused-ring (bicyclic) bond motifs is 1. The van der Waals surface area contributed by atoms with Gasteiger partial charge in [-0.05, 0) is 62.2 Å². The molecule has 1 saturated heterocycles. The maximum atomic E-state index is 14.1. The summed E-state index contributed by atoms with van der Waals surface area (Å²) in [6.07, 6.45) is 1.54. The number of aryl methyl sites for hydroxylation is 1. The summed E-state index contributed by atoms with van der Waals surface area (Å²) in [5.41, 5.74) is 9.26. The molecular weight excluding hydrogens is 506 g/mol. The van der Waals surface area contributed by atoms with Gasteiger partial charge >= 0.3 is 0 Å². The second-order valence-corrected chi connectivity index (χ2v) is 10.2. The molecule has 4 aromatic rings. The van der Waals surface area contributed by atoms with Crippen molar-refractivity contribution in [1.29, 1.82) is 0 Å². The third-order valence-corrected chi connectivity index (χ3v) is 7.11. The number of carbonyl (C=O) groups is 1. The van der Waals surface area contributed by atoms with Gasteiger partial charge in [-0.1, -0.05) is 0 Å². The number of amides is 1. The number of nitrogens with zero attached hydrogens (tertiary/aromatic N) is 4. The van der Waals surface area contributed by atoms with E-state index in [0.29, 0.717) is 53.9 Å². The molecule has 1 aliphatic carbocycles. The number of imidazole rings is 1. The third kappa shape index (κ3) is 4.89. The number of hydrogen-bond donors (Lipinski definition) is 2. The summed E-state index contributed by atoms with van der Waals surface area (Å²) in [5.74, 6) is 0.818. The zero-order valence-electron chi connectivity index (χ0n) is 21.4. The van der Waals surface area contributed by atoms with Crippen LogP contribution in [0.25, 0.3) is 28.2 Å². The van der Waals surface area contributed by atoms with Crippen LogP contribution < -0.4 is 15.8 Å². The summed E-state index contributed by atoms with van der Waals surface area (Å²) < 4.78 is 40.2.